The molecule has 1 fully saturated rings. The van der Waals surface area contributed by atoms with Crippen molar-refractivity contribution in [2.45, 2.75) is 56.8 Å². The van der Waals surface area contributed by atoms with E-state index in [0.29, 0.717) is 60.4 Å². The molecule has 398 valence electrons. The molecule has 0 unspecified atom stereocenters. The standard InChI is InChI=1S/C48H50N6O7.2C2HF3O2/c1-53(46(59)24-27-54-25-22-37(23-26-54)61-48(60)51-41-13-6-5-12-38(41)34-9-3-2-4-10-34)36-11-7-8-33(28-36)29-45(58)50-35-16-14-32(15-17-35)30-49-31-43(56)39-18-20-42(55)47-40(39)19-21-44(57)52-47;2*3-2(4,5)1(6)7/h2-21,28,37,43,49,55-56H,22-27,29-31H2,1H3,(H,50,58)(H,51,60)(H,52,57);2*(H,6,7)/t43-;;/m0../s1. The zero-order valence-corrected chi connectivity index (χ0v) is 40.0. The normalized spacial score (nSPS) is 13.2. The Labute approximate surface area is 424 Å². The van der Waals surface area contributed by atoms with E-state index in [1.165, 1.54) is 12.1 Å². The molecule has 23 heteroatoms. The number of fused-ring (bicyclic) bond motifs is 1. The molecule has 1 aliphatic rings. The van der Waals surface area contributed by atoms with Crippen molar-refractivity contribution >= 4 is 57.8 Å². The van der Waals surface area contributed by atoms with Crippen LogP contribution in [0.25, 0.3) is 22.0 Å². The number of alkyl halides is 6. The lowest BCUT2D eigenvalue weighted by Gasteiger charge is -2.31. The number of ether oxygens (including phenoxy) is 1. The van der Waals surface area contributed by atoms with Crippen LogP contribution in [0.15, 0.2) is 132 Å². The Kier molecular flexibility index (Phi) is 20.4. The van der Waals surface area contributed by atoms with Crippen LogP contribution in [-0.4, -0.2) is 112 Å². The maximum atomic E-state index is 13.2. The molecular formula is C52H52F6N6O11. The van der Waals surface area contributed by atoms with Crippen LogP contribution in [0.3, 0.4) is 0 Å². The highest BCUT2D eigenvalue weighted by atomic mass is 19.4. The first kappa shape index (κ1) is 57.6. The third kappa shape index (κ3) is 18.0. The number of amides is 3. The molecule has 7 rings (SSSR count). The summed E-state index contributed by atoms with van der Waals surface area (Å²) in [5.41, 5.74) is 6.23. The van der Waals surface area contributed by atoms with Crippen LogP contribution in [0.2, 0.25) is 0 Å². The number of pyridine rings is 1. The number of likely N-dealkylation sites (tertiary alicyclic amines) is 1. The fraction of sp³-hybridized carbons (Fsp3) is 0.269. The van der Waals surface area contributed by atoms with Crippen molar-refractivity contribution in [3.8, 4) is 16.9 Å². The molecule has 0 bridgehead atoms. The zero-order chi connectivity index (χ0) is 54.9. The van der Waals surface area contributed by atoms with Gasteiger partial charge < -0.3 is 50.6 Å². The fourth-order valence-corrected chi connectivity index (χ4v) is 7.55. The summed E-state index contributed by atoms with van der Waals surface area (Å²) in [6.07, 6.45) is -9.90. The molecule has 17 nitrogen and oxygen atoms in total. The summed E-state index contributed by atoms with van der Waals surface area (Å²) in [4.78, 5) is 75.0. The van der Waals surface area contributed by atoms with Gasteiger partial charge in [0.2, 0.25) is 17.4 Å². The van der Waals surface area contributed by atoms with Crippen molar-refractivity contribution in [2.24, 2.45) is 0 Å². The molecule has 6 aromatic rings. The van der Waals surface area contributed by atoms with Gasteiger partial charge in [-0.25, -0.2) is 14.4 Å². The summed E-state index contributed by atoms with van der Waals surface area (Å²) in [5, 5.41) is 44.9. The van der Waals surface area contributed by atoms with Gasteiger partial charge in [0, 0.05) is 74.6 Å². The van der Waals surface area contributed by atoms with Crippen molar-refractivity contribution in [1.82, 2.24) is 15.2 Å². The van der Waals surface area contributed by atoms with Crippen LogP contribution in [0.1, 0.15) is 42.1 Å². The number of aliphatic hydroxyl groups excluding tert-OH is 1. The number of hydrogen-bond donors (Lipinski definition) is 8. The number of carbonyl (C=O) groups is 5. The van der Waals surface area contributed by atoms with Gasteiger partial charge in [0.05, 0.1) is 23.7 Å². The van der Waals surface area contributed by atoms with Crippen LogP contribution in [0.4, 0.5) is 48.2 Å². The maximum Gasteiger partial charge on any atom is 0.490 e. The van der Waals surface area contributed by atoms with Crippen molar-refractivity contribution in [3.05, 3.63) is 154 Å². The zero-order valence-electron chi connectivity index (χ0n) is 40.0. The summed E-state index contributed by atoms with van der Waals surface area (Å²) in [6.45, 7) is 2.73. The lowest BCUT2D eigenvalue weighted by atomic mass is 10.0. The van der Waals surface area contributed by atoms with Crippen LogP contribution in [0.5, 0.6) is 5.75 Å². The first-order valence-electron chi connectivity index (χ1n) is 22.9. The van der Waals surface area contributed by atoms with Gasteiger partial charge in [-0.05, 0) is 77.6 Å². The van der Waals surface area contributed by atoms with E-state index in [4.69, 9.17) is 24.5 Å². The van der Waals surface area contributed by atoms with E-state index in [-0.39, 0.29) is 47.7 Å². The number of carbonyl (C=O) groups excluding carboxylic acids is 3. The van der Waals surface area contributed by atoms with E-state index in [0.717, 1.165) is 35.3 Å². The number of halogens is 6. The van der Waals surface area contributed by atoms with Gasteiger partial charge in [0.25, 0.3) is 0 Å². The van der Waals surface area contributed by atoms with Gasteiger partial charge in [0.15, 0.2) is 0 Å². The van der Waals surface area contributed by atoms with E-state index in [9.17, 15) is 55.7 Å². The van der Waals surface area contributed by atoms with Crippen LogP contribution >= 0.6 is 0 Å². The highest BCUT2D eigenvalue weighted by Crippen LogP contribution is 2.30. The third-order valence-electron chi connectivity index (χ3n) is 11.4. The molecule has 0 radical (unpaired) electrons. The number of carboxylic acid groups (broad SMARTS) is 2. The first-order valence-corrected chi connectivity index (χ1v) is 22.9. The monoisotopic (exact) mass is 1050 g/mol. The number of benzene rings is 5. The SMILES string of the molecule is CN(C(=O)CCN1CCC(OC(=O)Nc2ccccc2-c2ccccc2)CC1)c1cccc(CC(=O)Nc2ccc(CNC[C@H](O)c3ccc(O)c4[nH]c(=O)ccc34)cc2)c1.O=C(O)C(F)(F)F.O=C(O)C(F)(F)F. The van der Waals surface area contributed by atoms with Crippen molar-refractivity contribution in [1.29, 1.82) is 0 Å². The number of piperidine rings is 1. The number of carboxylic acids is 2. The summed E-state index contributed by atoms with van der Waals surface area (Å²) >= 11 is 0. The van der Waals surface area contributed by atoms with Gasteiger partial charge in [-0.1, -0.05) is 78.9 Å². The lowest BCUT2D eigenvalue weighted by molar-refractivity contribution is -0.193. The van der Waals surface area contributed by atoms with Crippen molar-refractivity contribution in [3.63, 3.8) is 0 Å². The Morgan fingerprint density at radius 2 is 1.40 bits per heavy atom. The molecule has 1 atom stereocenters. The third-order valence-corrected chi connectivity index (χ3v) is 11.4. The van der Waals surface area contributed by atoms with Gasteiger partial charge in [-0.15, -0.1) is 0 Å². The minimum absolute atomic E-state index is 0.0352. The van der Waals surface area contributed by atoms with Gasteiger partial charge >= 0.3 is 30.4 Å². The minimum Gasteiger partial charge on any atom is -0.506 e. The number of aliphatic carboxylic acids is 2. The topological polar surface area (TPSA) is 251 Å². The molecule has 1 saturated heterocycles. The molecule has 5 aromatic carbocycles. The molecule has 8 N–H and O–H groups in total. The Bertz CT molecular complexity index is 2940. The quantitative estimate of drug-likeness (QED) is 0.0452. The number of aromatic amines is 1. The number of nitrogens with zero attached hydrogens (tertiary/aromatic N) is 2. The highest BCUT2D eigenvalue weighted by Gasteiger charge is 2.39. The number of hydrogen-bond acceptors (Lipinski definition) is 11. The van der Waals surface area contributed by atoms with Crippen molar-refractivity contribution in [2.75, 3.05) is 48.8 Å². The van der Waals surface area contributed by atoms with E-state index in [1.54, 1.807) is 24.1 Å². The van der Waals surface area contributed by atoms with E-state index in [1.807, 2.05) is 103 Å². The first-order chi connectivity index (χ1) is 35.5. The maximum absolute atomic E-state index is 13.2. The van der Waals surface area contributed by atoms with E-state index >= 15 is 0 Å². The van der Waals surface area contributed by atoms with Crippen molar-refractivity contribution < 1.29 is 75.5 Å². The Morgan fingerprint density at radius 3 is 2.04 bits per heavy atom. The number of aliphatic hydroxyl groups is 1. The number of para-hydroxylation sites is 1. The van der Waals surface area contributed by atoms with Gasteiger partial charge in [-0.3, -0.25) is 19.7 Å². The molecule has 1 aromatic heterocycles. The average molecular weight is 1050 g/mol. The second-order valence-electron chi connectivity index (χ2n) is 16.8. The molecule has 0 aliphatic carbocycles. The second-order valence-corrected chi connectivity index (χ2v) is 16.8. The second kappa shape index (κ2) is 26.6. The molecule has 0 spiro atoms. The molecule has 3 amide bonds. The summed E-state index contributed by atoms with van der Waals surface area (Å²) in [5.74, 6) is -5.80. The van der Waals surface area contributed by atoms with E-state index < -0.39 is 36.5 Å². The minimum atomic E-state index is -5.08. The Balaban J connectivity index is 0.000000653. The summed E-state index contributed by atoms with van der Waals surface area (Å²) in [6, 6.07) is 38.4. The number of aromatic nitrogens is 1. The molecule has 0 saturated carbocycles. The molecular weight excluding hydrogens is 999 g/mol. The van der Waals surface area contributed by atoms with Gasteiger partial charge in [0.1, 0.15) is 11.9 Å². The predicted octanol–water partition coefficient (Wildman–Crippen LogP) is 8.24. The number of anilines is 3. The summed E-state index contributed by atoms with van der Waals surface area (Å²) in [7, 11) is 1.74. The summed E-state index contributed by atoms with van der Waals surface area (Å²) < 4.78 is 69.2. The number of aromatic hydroxyl groups is 1. The predicted molar refractivity (Wildman–Crippen MR) is 265 cm³/mol. The lowest BCUT2D eigenvalue weighted by Crippen LogP contribution is -2.40. The number of phenols is 1. The number of nitrogens with one attached hydrogen (secondary N) is 4. The molecule has 2 heterocycles. The Morgan fingerprint density at radius 1 is 0.773 bits per heavy atom. The van der Waals surface area contributed by atoms with E-state index in [2.05, 4.69) is 25.8 Å². The number of rotatable bonds is 15. The van der Waals surface area contributed by atoms with Crippen LogP contribution in [-0.2, 0) is 36.9 Å². The average Bonchev–Trinajstić information content (AvgIpc) is 3.37. The number of phenolic OH excluding ortho intramolecular Hbond substituents is 1. The molecule has 1 aliphatic heterocycles. The van der Waals surface area contributed by atoms with Gasteiger partial charge in [-0.2, -0.15) is 26.3 Å². The Hall–Kier alpha value is -8.28. The largest absolute Gasteiger partial charge is 0.506 e. The van der Waals surface area contributed by atoms with Crippen LogP contribution in [0, 0.1) is 0 Å². The highest BCUT2D eigenvalue weighted by molar-refractivity contribution is 5.95. The molecule has 75 heavy (non-hydrogen) atoms. The smallest absolute Gasteiger partial charge is 0.490 e. The van der Waals surface area contributed by atoms with Crippen LogP contribution < -0.4 is 26.4 Å². The fourth-order valence-electron chi connectivity index (χ4n) is 7.55. The number of H-pyrrole nitrogens is 1.